The summed E-state index contributed by atoms with van der Waals surface area (Å²) in [4.78, 5) is 37.0. The summed E-state index contributed by atoms with van der Waals surface area (Å²) in [7, 11) is 0. The Balaban J connectivity index is 1.90. The molecule has 1 unspecified atom stereocenters. The number of nitrogens with one attached hydrogen (secondary N) is 1. The van der Waals surface area contributed by atoms with Crippen LogP contribution in [0.1, 0.15) is 36.8 Å². The van der Waals surface area contributed by atoms with Crippen LogP contribution in [0.2, 0.25) is 0 Å². The zero-order valence-electron chi connectivity index (χ0n) is 14.6. The van der Waals surface area contributed by atoms with E-state index >= 15 is 0 Å². The first-order valence-corrected chi connectivity index (χ1v) is 9.51. The van der Waals surface area contributed by atoms with Gasteiger partial charge in [-0.1, -0.05) is 6.07 Å². The molecular weight excluding hydrogens is 340 g/mol. The Labute approximate surface area is 152 Å². The van der Waals surface area contributed by atoms with Crippen molar-refractivity contribution in [1.29, 1.82) is 0 Å². The second-order valence-corrected chi connectivity index (χ2v) is 7.27. The number of carboxylic acid groups (broad SMARTS) is 1. The van der Waals surface area contributed by atoms with Crippen molar-refractivity contribution in [3.05, 3.63) is 29.3 Å². The van der Waals surface area contributed by atoms with E-state index in [1.54, 1.807) is 16.7 Å². The van der Waals surface area contributed by atoms with Gasteiger partial charge < -0.3 is 15.3 Å². The summed E-state index contributed by atoms with van der Waals surface area (Å²) < 4.78 is 0. The average Bonchev–Trinajstić information content (AvgIpc) is 3.04. The van der Waals surface area contributed by atoms with Crippen LogP contribution in [0, 0.1) is 13.8 Å². The van der Waals surface area contributed by atoms with Gasteiger partial charge >= 0.3 is 5.97 Å². The van der Waals surface area contributed by atoms with Gasteiger partial charge in [-0.05, 0) is 49.9 Å². The molecule has 0 aromatic heterocycles. The first-order chi connectivity index (χ1) is 11.9. The number of benzene rings is 1. The lowest BCUT2D eigenvalue weighted by atomic mass is 10.1. The maximum atomic E-state index is 12.5. The Kier molecular flexibility index (Phi) is 6.87. The zero-order chi connectivity index (χ0) is 18.4. The molecule has 0 bridgehead atoms. The molecule has 2 rings (SSSR count). The minimum atomic E-state index is -0.852. The van der Waals surface area contributed by atoms with E-state index in [0.717, 1.165) is 16.8 Å². The number of aryl methyl sites for hydroxylation is 2. The van der Waals surface area contributed by atoms with Crippen LogP contribution >= 0.6 is 11.8 Å². The number of unbranched alkanes of at least 4 members (excludes halogenated alkanes) is 1. The fraction of sp³-hybridized carbons (Fsp3) is 0.500. The van der Waals surface area contributed by atoms with Gasteiger partial charge in [0.05, 0.1) is 5.88 Å². The van der Waals surface area contributed by atoms with E-state index in [-0.39, 0.29) is 24.7 Å². The molecule has 2 N–H and O–H groups in total. The number of carbonyl (C=O) groups is 3. The van der Waals surface area contributed by atoms with Gasteiger partial charge in [0.15, 0.2) is 0 Å². The third kappa shape index (κ3) is 5.49. The van der Waals surface area contributed by atoms with Crippen LogP contribution in [-0.4, -0.2) is 45.5 Å². The number of thioether (sulfide) groups is 1. The van der Waals surface area contributed by atoms with E-state index < -0.39 is 12.0 Å². The molecule has 0 spiro atoms. The van der Waals surface area contributed by atoms with E-state index in [1.165, 1.54) is 0 Å². The van der Waals surface area contributed by atoms with E-state index in [2.05, 4.69) is 5.32 Å². The number of aliphatic carboxylic acids is 1. The van der Waals surface area contributed by atoms with Crippen molar-refractivity contribution in [3.63, 3.8) is 0 Å². The number of carbonyl (C=O) groups excluding carboxylic acids is 2. The van der Waals surface area contributed by atoms with Gasteiger partial charge in [0.2, 0.25) is 11.8 Å². The van der Waals surface area contributed by atoms with Crippen molar-refractivity contribution in [2.75, 3.05) is 16.9 Å². The van der Waals surface area contributed by atoms with Crippen LogP contribution in [0.3, 0.4) is 0 Å². The van der Waals surface area contributed by atoms with Crippen molar-refractivity contribution in [3.8, 4) is 0 Å². The van der Waals surface area contributed by atoms with E-state index in [1.807, 2.05) is 32.0 Å². The lowest BCUT2D eigenvalue weighted by Gasteiger charge is -2.23. The molecule has 1 atom stereocenters. The third-order valence-corrected chi connectivity index (χ3v) is 5.32. The van der Waals surface area contributed by atoms with Gasteiger partial charge in [-0.25, -0.2) is 0 Å². The normalized spacial score (nSPS) is 16.7. The summed E-state index contributed by atoms with van der Waals surface area (Å²) in [5.41, 5.74) is 3.00. The predicted octanol–water partition coefficient (Wildman–Crippen LogP) is 2.79. The average molecular weight is 364 g/mol. The molecule has 0 saturated carbocycles. The molecule has 1 saturated heterocycles. The fourth-order valence-corrected chi connectivity index (χ4v) is 3.83. The highest BCUT2D eigenvalue weighted by Crippen LogP contribution is 2.24. The van der Waals surface area contributed by atoms with Gasteiger partial charge in [0, 0.05) is 24.3 Å². The van der Waals surface area contributed by atoms with Crippen molar-refractivity contribution >= 4 is 35.2 Å². The molecule has 6 nitrogen and oxygen atoms in total. The van der Waals surface area contributed by atoms with Crippen LogP contribution in [-0.2, 0) is 14.4 Å². The van der Waals surface area contributed by atoms with Gasteiger partial charge in [-0.2, -0.15) is 0 Å². The summed E-state index contributed by atoms with van der Waals surface area (Å²) in [6.07, 6.45) is 1.35. The maximum absolute atomic E-state index is 12.5. The highest BCUT2D eigenvalue weighted by atomic mass is 32.2. The van der Waals surface area contributed by atoms with Crippen LogP contribution in [0.25, 0.3) is 0 Å². The molecule has 1 aromatic rings. The molecular formula is C18H24N2O4S. The fourth-order valence-electron chi connectivity index (χ4n) is 2.65. The topological polar surface area (TPSA) is 86.7 Å². The minimum absolute atomic E-state index is 0.0682. The molecule has 1 aliphatic heterocycles. The number of anilines is 1. The third-order valence-electron chi connectivity index (χ3n) is 4.31. The number of hydrogen-bond donors (Lipinski definition) is 2. The Hall–Kier alpha value is -2.02. The summed E-state index contributed by atoms with van der Waals surface area (Å²) in [6, 6.07) is 5.27. The van der Waals surface area contributed by atoms with Crippen LogP contribution in [0.4, 0.5) is 5.69 Å². The molecule has 1 aliphatic rings. The number of nitrogens with zero attached hydrogens (tertiary/aromatic N) is 1. The summed E-state index contributed by atoms with van der Waals surface area (Å²) >= 11 is 1.56. The van der Waals surface area contributed by atoms with Gasteiger partial charge in [-0.3, -0.25) is 14.4 Å². The molecule has 136 valence electrons. The minimum Gasteiger partial charge on any atom is -0.481 e. The molecule has 2 amide bonds. The predicted molar refractivity (Wildman–Crippen MR) is 98.6 cm³/mol. The summed E-state index contributed by atoms with van der Waals surface area (Å²) in [5, 5.41) is 11.5. The van der Waals surface area contributed by atoms with Crippen molar-refractivity contribution < 1.29 is 19.5 Å². The Morgan fingerprint density at radius 1 is 1.20 bits per heavy atom. The first kappa shape index (κ1) is 19.3. The lowest BCUT2D eigenvalue weighted by molar-refractivity contribution is -0.138. The van der Waals surface area contributed by atoms with Crippen molar-refractivity contribution in [2.24, 2.45) is 0 Å². The highest BCUT2D eigenvalue weighted by molar-refractivity contribution is 7.99. The SMILES string of the molecule is Cc1ccc(NC(=O)C2CSCN2C(=O)CCCCC(=O)O)cc1C. The molecule has 1 fully saturated rings. The van der Waals surface area contributed by atoms with Crippen molar-refractivity contribution in [2.45, 2.75) is 45.6 Å². The Morgan fingerprint density at radius 3 is 2.60 bits per heavy atom. The highest BCUT2D eigenvalue weighted by Gasteiger charge is 2.34. The van der Waals surface area contributed by atoms with E-state index in [9.17, 15) is 14.4 Å². The molecule has 7 heteroatoms. The smallest absolute Gasteiger partial charge is 0.303 e. The first-order valence-electron chi connectivity index (χ1n) is 8.35. The zero-order valence-corrected chi connectivity index (χ0v) is 15.4. The molecule has 1 heterocycles. The Morgan fingerprint density at radius 2 is 1.92 bits per heavy atom. The maximum Gasteiger partial charge on any atom is 0.303 e. The molecule has 25 heavy (non-hydrogen) atoms. The van der Waals surface area contributed by atoms with E-state index in [0.29, 0.717) is 24.5 Å². The molecule has 1 aromatic carbocycles. The Bertz CT molecular complexity index is 662. The molecule has 0 radical (unpaired) electrons. The van der Waals surface area contributed by atoms with Crippen LogP contribution in [0.5, 0.6) is 0 Å². The number of hydrogen-bond acceptors (Lipinski definition) is 4. The van der Waals surface area contributed by atoms with Crippen LogP contribution < -0.4 is 5.32 Å². The summed E-state index contributed by atoms with van der Waals surface area (Å²) in [6.45, 7) is 4.00. The molecule has 0 aliphatic carbocycles. The van der Waals surface area contributed by atoms with Gasteiger partial charge in [0.1, 0.15) is 6.04 Å². The van der Waals surface area contributed by atoms with Gasteiger partial charge in [-0.15, -0.1) is 11.8 Å². The van der Waals surface area contributed by atoms with E-state index in [4.69, 9.17) is 5.11 Å². The lowest BCUT2D eigenvalue weighted by Crippen LogP contribution is -2.44. The largest absolute Gasteiger partial charge is 0.481 e. The number of amides is 2. The summed E-state index contributed by atoms with van der Waals surface area (Å²) in [5.74, 6) is -0.0297. The number of carboxylic acids is 1. The second-order valence-electron chi connectivity index (χ2n) is 6.27. The standard InChI is InChI=1S/C18H24N2O4S/c1-12-7-8-14(9-13(12)2)19-18(24)15-10-25-11-20(15)16(21)5-3-4-6-17(22)23/h7-9,15H,3-6,10-11H2,1-2H3,(H,19,24)(H,22,23). The van der Waals surface area contributed by atoms with Gasteiger partial charge in [0.25, 0.3) is 0 Å². The second kappa shape index (κ2) is 8.89. The van der Waals surface area contributed by atoms with Crippen molar-refractivity contribution in [1.82, 2.24) is 4.90 Å². The quantitative estimate of drug-likeness (QED) is 0.727. The number of rotatable bonds is 7. The monoisotopic (exact) mass is 364 g/mol. The van der Waals surface area contributed by atoms with Crippen LogP contribution in [0.15, 0.2) is 18.2 Å².